The Kier molecular flexibility index (Phi) is 7.84. The van der Waals surface area contributed by atoms with Gasteiger partial charge in [0.25, 0.3) is 0 Å². The van der Waals surface area contributed by atoms with Crippen molar-refractivity contribution in [2.45, 2.75) is 13.3 Å². The van der Waals surface area contributed by atoms with Gasteiger partial charge in [-0.25, -0.2) is 28.5 Å². The zero-order valence-electron chi connectivity index (χ0n) is 23.2. The summed E-state index contributed by atoms with van der Waals surface area (Å²) < 4.78 is 35.5. The molecule has 1 aromatic carbocycles. The molecule has 0 unspecified atom stereocenters. The Bertz CT molecular complexity index is 1420. The predicted octanol–water partition coefficient (Wildman–Crippen LogP) is 2.30. The van der Waals surface area contributed by atoms with Crippen LogP contribution in [0.4, 0.5) is 42.7 Å². The number of carbonyl (C=O) groups excluding carboxylic acids is 1. The van der Waals surface area contributed by atoms with Gasteiger partial charge in [0.05, 0.1) is 25.5 Å². The first-order valence-corrected chi connectivity index (χ1v) is 13.9. The van der Waals surface area contributed by atoms with Gasteiger partial charge in [0.2, 0.25) is 11.9 Å². The number of nitrogens with one attached hydrogen (secondary N) is 1. The van der Waals surface area contributed by atoms with Gasteiger partial charge in [0.15, 0.2) is 17.5 Å². The van der Waals surface area contributed by atoms with Crippen molar-refractivity contribution in [2.24, 2.45) is 0 Å². The number of hydroxylamine groups is 1. The zero-order chi connectivity index (χ0) is 29.2. The number of hydrogen-bond donors (Lipinski definition) is 2. The van der Waals surface area contributed by atoms with Crippen molar-refractivity contribution >= 4 is 35.2 Å². The Morgan fingerprint density at radius 2 is 1.69 bits per heavy atom. The summed E-state index contributed by atoms with van der Waals surface area (Å²) in [6.07, 6.45) is 2.55. The van der Waals surface area contributed by atoms with E-state index in [2.05, 4.69) is 32.1 Å². The topological polar surface area (TPSA) is 138 Å². The largest absolute Gasteiger partial charge is 0.436 e. The van der Waals surface area contributed by atoms with Crippen LogP contribution in [0.2, 0.25) is 0 Å². The van der Waals surface area contributed by atoms with E-state index in [1.807, 2.05) is 9.80 Å². The average molecular weight is 583 g/mol. The van der Waals surface area contributed by atoms with Crippen molar-refractivity contribution in [1.29, 1.82) is 0 Å². The number of nitrogens with zero attached hydrogens (tertiary/aromatic N) is 8. The zero-order valence-corrected chi connectivity index (χ0v) is 23.2. The minimum Gasteiger partial charge on any atom is -0.378 e. The molecule has 3 aliphatic rings. The van der Waals surface area contributed by atoms with Crippen molar-refractivity contribution in [2.75, 3.05) is 91.5 Å². The van der Waals surface area contributed by atoms with Gasteiger partial charge in [0, 0.05) is 68.5 Å². The summed E-state index contributed by atoms with van der Waals surface area (Å²) >= 11 is 0. The fourth-order valence-corrected chi connectivity index (χ4v) is 5.32. The molecule has 0 saturated carbocycles. The van der Waals surface area contributed by atoms with Crippen LogP contribution >= 0.6 is 0 Å². The Morgan fingerprint density at radius 3 is 2.36 bits per heavy atom. The quantitative estimate of drug-likeness (QED) is 0.441. The van der Waals surface area contributed by atoms with Gasteiger partial charge < -0.3 is 30.0 Å². The fourth-order valence-electron chi connectivity index (χ4n) is 5.32. The predicted molar refractivity (Wildman–Crippen MR) is 152 cm³/mol. The van der Waals surface area contributed by atoms with Gasteiger partial charge >= 0.3 is 6.09 Å². The summed E-state index contributed by atoms with van der Waals surface area (Å²) in [5.74, 6) is -0.845. The number of amides is 1. The molecule has 0 bridgehead atoms. The van der Waals surface area contributed by atoms with Crippen LogP contribution in [0, 0.1) is 11.6 Å². The number of anilines is 5. The van der Waals surface area contributed by atoms with Crippen molar-refractivity contribution in [3.63, 3.8) is 0 Å². The number of carbonyl (C=O) groups is 1. The fraction of sp³-hybridized carbons (Fsp3) is 0.444. The first kappa shape index (κ1) is 27.8. The van der Waals surface area contributed by atoms with E-state index >= 15 is 8.78 Å². The van der Waals surface area contributed by atoms with E-state index in [0.29, 0.717) is 74.5 Å². The number of nitrogen functional groups attached to an aromatic ring is 1. The lowest BCUT2D eigenvalue weighted by molar-refractivity contribution is 0.122. The van der Waals surface area contributed by atoms with Crippen LogP contribution in [0.25, 0.3) is 11.3 Å². The second-order valence-corrected chi connectivity index (χ2v) is 10.2. The number of benzene rings is 1. The van der Waals surface area contributed by atoms with Crippen LogP contribution in [0.5, 0.6) is 0 Å². The summed E-state index contributed by atoms with van der Waals surface area (Å²) in [5.41, 5.74) is 7.46. The van der Waals surface area contributed by atoms with Crippen LogP contribution < -0.4 is 25.9 Å². The molecule has 222 valence electrons. The molecule has 2 aromatic heterocycles. The van der Waals surface area contributed by atoms with Gasteiger partial charge in [-0.2, -0.15) is 10.0 Å². The second kappa shape index (κ2) is 11.9. The van der Waals surface area contributed by atoms with Crippen LogP contribution in [-0.2, 0) is 16.0 Å². The molecule has 0 radical (unpaired) electrons. The minimum atomic E-state index is -1.05. The Morgan fingerprint density at radius 1 is 1.00 bits per heavy atom. The third-order valence-corrected chi connectivity index (χ3v) is 7.65. The third-order valence-electron chi connectivity index (χ3n) is 7.65. The molecule has 1 amide bonds. The van der Waals surface area contributed by atoms with E-state index in [-0.39, 0.29) is 12.5 Å². The number of fused-ring (bicyclic) bond motifs is 1. The number of ether oxygens (including phenoxy) is 1. The number of rotatable bonds is 6. The van der Waals surface area contributed by atoms with Crippen molar-refractivity contribution in [1.82, 2.24) is 24.8 Å². The highest BCUT2D eigenvalue weighted by Gasteiger charge is 2.31. The highest BCUT2D eigenvalue weighted by atomic mass is 19.1. The first-order chi connectivity index (χ1) is 20.4. The maximum atomic E-state index is 15.0. The highest BCUT2D eigenvalue weighted by molar-refractivity contribution is 5.86. The molecule has 0 spiro atoms. The second-order valence-electron chi connectivity index (χ2n) is 10.2. The van der Waals surface area contributed by atoms with Crippen molar-refractivity contribution < 1.29 is 23.1 Å². The highest BCUT2D eigenvalue weighted by Crippen LogP contribution is 2.36. The summed E-state index contributed by atoms with van der Waals surface area (Å²) in [6, 6.07) is 2.46. The Hall–Kier alpha value is -4.37. The summed E-state index contributed by atoms with van der Waals surface area (Å²) in [6.45, 7) is 8.44. The van der Waals surface area contributed by atoms with E-state index in [9.17, 15) is 4.79 Å². The lowest BCUT2D eigenvalue weighted by atomic mass is 10.1. The normalized spacial score (nSPS) is 17.4. The lowest BCUT2D eigenvalue weighted by Gasteiger charge is -2.35. The molecule has 15 heteroatoms. The number of aromatic nitrogens is 4. The summed E-state index contributed by atoms with van der Waals surface area (Å²) in [4.78, 5) is 42.2. The van der Waals surface area contributed by atoms with Crippen LogP contribution in [-0.4, -0.2) is 96.5 Å². The summed E-state index contributed by atoms with van der Waals surface area (Å²) in [5, 5.41) is 3.53. The molecular formula is C27H32F2N10O3. The SMILES string of the molecule is CCN1CCN(c2cc(F)c(NC(=O)ON3CCc4c(-c5cnc(N)nc5)nc(N5CCOCC5)nc43)c(F)c2)CC1. The number of piperazine rings is 1. The number of nitrogens with two attached hydrogens (primary N) is 1. The van der Waals surface area contributed by atoms with Gasteiger partial charge in [-0.15, -0.1) is 0 Å². The Balaban J connectivity index is 1.21. The summed E-state index contributed by atoms with van der Waals surface area (Å²) in [7, 11) is 0. The molecule has 13 nitrogen and oxygen atoms in total. The van der Waals surface area contributed by atoms with Crippen LogP contribution in [0.3, 0.4) is 0 Å². The molecule has 3 N–H and O–H groups in total. The van der Waals surface area contributed by atoms with Gasteiger partial charge in [-0.1, -0.05) is 6.92 Å². The molecule has 0 aliphatic carbocycles. The maximum Gasteiger partial charge on any atom is 0.436 e. The first-order valence-electron chi connectivity index (χ1n) is 13.9. The van der Waals surface area contributed by atoms with Gasteiger partial charge in [-0.05, 0) is 25.1 Å². The Labute approximate surface area is 241 Å². The molecule has 42 heavy (non-hydrogen) atoms. The third kappa shape index (κ3) is 5.69. The molecule has 5 heterocycles. The van der Waals surface area contributed by atoms with E-state index < -0.39 is 23.4 Å². The van der Waals surface area contributed by atoms with Crippen LogP contribution in [0.1, 0.15) is 12.5 Å². The van der Waals surface area contributed by atoms with E-state index in [1.54, 1.807) is 12.4 Å². The molecule has 0 atom stereocenters. The molecule has 3 aliphatic heterocycles. The molecule has 3 aromatic rings. The maximum absolute atomic E-state index is 15.0. The monoisotopic (exact) mass is 582 g/mol. The number of morpholine rings is 1. The van der Waals surface area contributed by atoms with Gasteiger partial charge in [0.1, 0.15) is 5.69 Å². The number of hydrogen-bond acceptors (Lipinski definition) is 12. The number of likely N-dealkylation sites (N-methyl/N-ethyl adjacent to an activating group) is 1. The molecule has 2 fully saturated rings. The van der Waals surface area contributed by atoms with E-state index in [1.165, 1.54) is 17.2 Å². The van der Waals surface area contributed by atoms with Crippen LogP contribution in [0.15, 0.2) is 24.5 Å². The molecule has 6 rings (SSSR count). The van der Waals surface area contributed by atoms with E-state index in [4.69, 9.17) is 20.3 Å². The molecule has 2 saturated heterocycles. The van der Waals surface area contributed by atoms with Crippen molar-refractivity contribution in [3.8, 4) is 11.3 Å². The minimum absolute atomic E-state index is 0.131. The number of halogens is 2. The van der Waals surface area contributed by atoms with Gasteiger partial charge in [-0.3, -0.25) is 5.32 Å². The van der Waals surface area contributed by atoms with Crippen molar-refractivity contribution in [3.05, 3.63) is 41.7 Å². The van der Waals surface area contributed by atoms with E-state index in [0.717, 1.165) is 25.2 Å². The lowest BCUT2D eigenvalue weighted by Crippen LogP contribution is -2.46. The standard InChI is InChI=1S/C27H32F2N10O3/c1-2-36-5-7-37(8-6-36)18-13-20(28)23(21(29)14-18)34-27(40)42-39-4-3-19-22(17-15-31-25(30)32-16-17)33-26(35-24(19)39)38-9-11-41-12-10-38/h13-16H,2-12H2,1H3,(H,34,40)(H2,30,31,32). The molecular weight excluding hydrogens is 550 g/mol. The average Bonchev–Trinajstić information content (AvgIpc) is 3.41. The smallest absolute Gasteiger partial charge is 0.378 e.